The quantitative estimate of drug-likeness (QED) is 0.903. The van der Waals surface area contributed by atoms with Crippen LogP contribution in [-0.2, 0) is 12.0 Å². The van der Waals surface area contributed by atoms with E-state index >= 15 is 0 Å². The second kappa shape index (κ2) is 6.44. The Labute approximate surface area is 128 Å². The maximum absolute atomic E-state index is 4.43. The van der Waals surface area contributed by atoms with Crippen LogP contribution in [0.5, 0.6) is 0 Å². The van der Waals surface area contributed by atoms with E-state index in [1.807, 2.05) is 17.9 Å². The van der Waals surface area contributed by atoms with Crippen molar-refractivity contribution in [1.29, 1.82) is 0 Å². The highest BCUT2D eigenvalue weighted by atomic mass is 15.3. The average Bonchev–Trinajstić information content (AvgIpc) is 2.88. The lowest BCUT2D eigenvalue weighted by Gasteiger charge is -2.21. The second-order valence-corrected chi connectivity index (χ2v) is 6.63. The highest BCUT2D eigenvalue weighted by Crippen LogP contribution is 2.26. The predicted octanol–water partition coefficient (Wildman–Crippen LogP) is 3.90. The molecule has 21 heavy (non-hydrogen) atoms. The molecule has 1 unspecified atom stereocenters. The first kappa shape index (κ1) is 15.8. The van der Waals surface area contributed by atoms with Gasteiger partial charge in [-0.05, 0) is 30.0 Å². The van der Waals surface area contributed by atoms with Crippen LogP contribution in [0.1, 0.15) is 56.8 Å². The molecule has 3 nitrogen and oxygen atoms in total. The van der Waals surface area contributed by atoms with Gasteiger partial charge >= 0.3 is 0 Å². The molecular formula is C18H27N3. The molecule has 1 atom stereocenters. The summed E-state index contributed by atoms with van der Waals surface area (Å²) in [4.78, 5) is 0. The van der Waals surface area contributed by atoms with Gasteiger partial charge in [0.15, 0.2) is 0 Å². The summed E-state index contributed by atoms with van der Waals surface area (Å²) < 4.78 is 2.02. The van der Waals surface area contributed by atoms with Gasteiger partial charge < -0.3 is 5.32 Å². The zero-order valence-corrected chi connectivity index (χ0v) is 13.9. The summed E-state index contributed by atoms with van der Waals surface area (Å²) in [6.45, 7) is 9.87. The van der Waals surface area contributed by atoms with Gasteiger partial charge in [-0.15, -0.1) is 0 Å². The summed E-state index contributed by atoms with van der Waals surface area (Å²) >= 11 is 0. The first-order valence-corrected chi connectivity index (χ1v) is 7.75. The fourth-order valence-corrected chi connectivity index (χ4v) is 2.58. The van der Waals surface area contributed by atoms with Crippen LogP contribution in [-0.4, -0.2) is 16.8 Å². The van der Waals surface area contributed by atoms with E-state index in [1.54, 1.807) is 0 Å². The summed E-state index contributed by atoms with van der Waals surface area (Å²) in [6.07, 6.45) is 5.21. The van der Waals surface area contributed by atoms with Crippen LogP contribution in [0.25, 0.3) is 0 Å². The lowest BCUT2D eigenvalue weighted by Crippen LogP contribution is -2.18. The molecule has 1 aromatic heterocycles. The number of nitrogens with one attached hydrogen (secondary N) is 1. The number of hydrogen-bond acceptors (Lipinski definition) is 2. The lowest BCUT2D eigenvalue weighted by molar-refractivity contribution is 0.589. The van der Waals surface area contributed by atoms with E-state index in [2.05, 4.69) is 68.6 Å². The van der Waals surface area contributed by atoms with E-state index in [9.17, 15) is 0 Å². The third-order valence-corrected chi connectivity index (χ3v) is 3.84. The molecule has 0 fully saturated rings. The number of benzene rings is 1. The normalized spacial score (nSPS) is 13.4. The third kappa shape index (κ3) is 3.73. The molecule has 0 aliphatic rings. The number of rotatable bonds is 5. The molecule has 0 radical (unpaired) electrons. The topological polar surface area (TPSA) is 29.9 Å². The van der Waals surface area contributed by atoms with Crippen molar-refractivity contribution in [3.63, 3.8) is 0 Å². The molecular weight excluding hydrogens is 258 g/mol. The molecule has 0 saturated carbocycles. The molecule has 3 heteroatoms. The van der Waals surface area contributed by atoms with Crippen LogP contribution >= 0.6 is 0 Å². The standard InChI is InChI=1S/C18H27N3/c1-6-11-21-13-15(12-20-21)17(19-5)14-7-9-16(10-8-14)18(2,3)4/h7-10,12-13,17,19H,6,11H2,1-5H3. The minimum Gasteiger partial charge on any atom is -0.309 e. The Morgan fingerprint density at radius 3 is 2.33 bits per heavy atom. The molecule has 114 valence electrons. The molecule has 1 aromatic carbocycles. The van der Waals surface area contributed by atoms with E-state index in [1.165, 1.54) is 16.7 Å². The van der Waals surface area contributed by atoms with Crippen LogP contribution in [0.15, 0.2) is 36.7 Å². The maximum atomic E-state index is 4.43. The van der Waals surface area contributed by atoms with Crippen molar-refractivity contribution in [3.8, 4) is 0 Å². The van der Waals surface area contributed by atoms with Gasteiger partial charge in [-0.3, -0.25) is 4.68 Å². The van der Waals surface area contributed by atoms with Gasteiger partial charge in [0.05, 0.1) is 12.2 Å². The smallest absolute Gasteiger partial charge is 0.0605 e. The van der Waals surface area contributed by atoms with Crippen LogP contribution in [0.3, 0.4) is 0 Å². The first-order valence-electron chi connectivity index (χ1n) is 7.75. The van der Waals surface area contributed by atoms with Gasteiger partial charge in [-0.1, -0.05) is 52.0 Å². The van der Waals surface area contributed by atoms with Crippen LogP contribution in [0.4, 0.5) is 0 Å². The Balaban J connectivity index is 2.24. The van der Waals surface area contributed by atoms with E-state index in [0.29, 0.717) is 0 Å². The van der Waals surface area contributed by atoms with Crippen LogP contribution in [0.2, 0.25) is 0 Å². The van der Waals surface area contributed by atoms with E-state index in [0.717, 1.165) is 13.0 Å². The average molecular weight is 285 g/mol. The van der Waals surface area contributed by atoms with Gasteiger partial charge in [-0.2, -0.15) is 5.10 Å². The molecule has 0 aliphatic carbocycles. The highest BCUT2D eigenvalue weighted by Gasteiger charge is 2.17. The zero-order valence-electron chi connectivity index (χ0n) is 13.9. The number of aryl methyl sites for hydroxylation is 1. The van der Waals surface area contributed by atoms with Crippen molar-refractivity contribution >= 4 is 0 Å². The number of nitrogens with zero attached hydrogens (tertiary/aromatic N) is 2. The van der Waals surface area contributed by atoms with Gasteiger partial charge in [-0.25, -0.2) is 0 Å². The Bertz CT molecular complexity index is 561. The molecule has 2 aromatic rings. The zero-order chi connectivity index (χ0) is 15.5. The van der Waals surface area contributed by atoms with Crippen molar-refractivity contribution in [2.24, 2.45) is 0 Å². The van der Waals surface area contributed by atoms with E-state index in [-0.39, 0.29) is 11.5 Å². The van der Waals surface area contributed by atoms with Gasteiger partial charge in [0.2, 0.25) is 0 Å². The van der Waals surface area contributed by atoms with Crippen molar-refractivity contribution in [3.05, 3.63) is 53.3 Å². The molecule has 0 amide bonds. The Morgan fingerprint density at radius 2 is 1.81 bits per heavy atom. The highest BCUT2D eigenvalue weighted by molar-refractivity contribution is 5.33. The second-order valence-electron chi connectivity index (χ2n) is 6.63. The lowest BCUT2D eigenvalue weighted by atomic mass is 9.86. The summed E-state index contributed by atoms with van der Waals surface area (Å²) in [7, 11) is 2.00. The van der Waals surface area contributed by atoms with Crippen LogP contribution < -0.4 is 5.32 Å². The summed E-state index contributed by atoms with van der Waals surface area (Å²) in [5.74, 6) is 0. The minimum atomic E-state index is 0.194. The van der Waals surface area contributed by atoms with Gasteiger partial charge in [0, 0.05) is 18.3 Å². The molecule has 2 rings (SSSR count). The summed E-state index contributed by atoms with van der Waals surface area (Å²) in [5, 5.41) is 7.83. The molecule has 1 N–H and O–H groups in total. The minimum absolute atomic E-state index is 0.194. The molecule has 0 aliphatic heterocycles. The largest absolute Gasteiger partial charge is 0.309 e. The fraction of sp³-hybridized carbons (Fsp3) is 0.500. The maximum Gasteiger partial charge on any atom is 0.0605 e. The monoisotopic (exact) mass is 285 g/mol. The van der Waals surface area contributed by atoms with Gasteiger partial charge in [0.25, 0.3) is 0 Å². The Kier molecular flexibility index (Phi) is 4.84. The van der Waals surface area contributed by atoms with Gasteiger partial charge in [0.1, 0.15) is 0 Å². The molecule has 1 heterocycles. The predicted molar refractivity (Wildman–Crippen MR) is 88.6 cm³/mol. The fourth-order valence-electron chi connectivity index (χ4n) is 2.58. The van der Waals surface area contributed by atoms with Crippen molar-refractivity contribution < 1.29 is 0 Å². The molecule has 0 spiro atoms. The Hall–Kier alpha value is -1.61. The SMILES string of the molecule is CCCn1cc(C(NC)c2ccc(C(C)(C)C)cc2)cn1. The first-order chi connectivity index (χ1) is 9.95. The Morgan fingerprint density at radius 1 is 1.14 bits per heavy atom. The van der Waals surface area contributed by atoms with E-state index < -0.39 is 0 Å². The molecule has 0 saturated heterocycles. The number of hydrogen-bond donors (Lipinski definition) is 1. The summed E-state index contributed by atoms with van der Waals surface area (Å²) in [5.41, 5.74) is 4.05. The summed E-state index contributed by atoms with van der Waals surface area (Å²) in [6, 6.07) is 9.11. The van der Waals surface area contributed by atoms with Crippen LogP contribution in [0, 0.1) is 0 Å². The third-order valence-electron chi connectivity index (χ3n) is 3.84. The van der Waals surface area contributed by atoms with Crippen molar-refractivity contribution in [1.82, 2.24) is 15.1 Å². The number of aromatic nitrogens is 2. The van der Waals surface area contributed by atoms with E-state index in [4.69, 9.17) is 0 Å². The van der Waals surface area contributed by atoms with Crippen molar-refractivity contribution in [2.75, 3.05) is 7.05 Å². The van der Waals surface area contributed by atoms with Crippen molar-refractivity contribution in [2.45, 2.75) is 52.1 Å². The molecule has 0 bridgehead atoms.